The van der Waals surface area contributed by atoms with Crippen molar-refractivity contribution in [2.75, 3.05) is 5.73 Å². The minimum Gasteiger partial charge on any atom is -0.508 e. The van der Waals surface area contributed by atoms with Crippen LogP contribution in [-0.4, -0.2) is 21.7 Å². The maximum atomic E-state index is 12.3. The fraction of sp³-hybridized carbons (Fsp3) is 0.280. The first-order chi connectivity index (χ1) is 14.2. The minimum atomic E-state index is -0.517. The molecule has 2 aromatic carbocycles. The molecule has 0 amide bonds. The molecule has 0 saturated heterocycles. The van der Waals surface area contributed by atoms with Gasteiger partial charge in [0.05, 0.1) is 6.42 Å². The number of hydrogen-bond acceptors (Lipinski definition) is 5. The van der Waals surface area contributed by atoms with Crippen LogP contribution in [0.1, 0.15) is 38.8 Å². The lowest BCUT2D eigenvalue weighted by Gasteiger charge is -2.20. The Hall–Kier alpha value is -3.34. The number of nitrogens with zero attached hydrogens (tertiary/aromatic N) is 1. The molecule has 0 aliphatic rings. The largest absolute Gasteiger partial charge is 0.508 e. The van der Waals surface area contributed by atoms with Crippen LogP contribution >= 0.6 is 0 Å². The Labute approximate surface area is 177 Å². The highest BCUT2D eigenvalue weighted by Gasteiger charge is 2.18. The van der Waals surface area contributed by atoms with Gasteiger partial charge in [-0.05, 0) is 61.6 Å². The zero-order valence-electron chi connectivity index (χ0n) is 17.9. The lowest BCUT2D eigenvalue weighted by Crippen LogP contribution is -2.24. The van der Waals surface area contributed by atoms with Crippen molar-refractivity contribution in [2.24, 2.45) is 0 Å². The van der Waals surface area contributed by atoms with Crippen molar-refractivity contribution in [3.05, 3.63) is 65.9 Å². The van der Waals surface area contributed by atoms with Crippen LogP contribution in [0.4, 0.5) is 5.82 Å². The molecule has 5 nitrogen and oxygen atoms in total. The summed E-state index contributed by atoms with van der Waals surface area (Å²) in [5, 5.41) is 9.61. The second kappa shape index (κ2) is 8.57. The van der Waals surface area contributed by atoms with Gasteiger partial charge in [0.1, 0.15) is 17.2 Å². The quantitative estimate of drug-likeness (QED) is 0.575. The van der Waals surface area contributed by atoms with E-state index in [1.165, 1.54) is 0 Å². The molecule has 1 aromatic heterocycles. The van der Waals surface area contributed by atoms with E-state index in [2.05, 4.69) is 11.9 Å². The molecule has 0 bridgehead atoms. The minimum absolute atomic E-state index is 0.192. The standard InChI is InChI=1S/C25H28N2O3/c1-5-20-21(17-9-11-19(28)12-10-17)15-27-24(26)23(20)18-8-6-7-16(13-18)14-22(29)30-25(2,3)4/h6-13,15,28H,5,14H2,1-4H3,(H2,26,27). The number of anilines is 1. The number of aromatic hydroxyl groups is 1. The van der Waals surface area contributed by atoms with E-state index in [9.17, 15) is 9.90 Å². The maximum absolute atomic E-state index is 12.3. The summed E-state index contributed by atoms with van der Waals surface area (Å²) in [5.74, 6) is 0.401. The number of carbonyl (C=O) groups excluding carboxylic acids is 1. The number of nitrogen functional groups attached to an aromatic ring is 1. The number of hydrogen-bond donors (Lipinski definition) is 2. The number of phenolic OH excluding ortho intramolecular Hbond substituents is 1. The summed E-state index contributed by atoms with van der Waals surface area (Å²) < 4.78 is 5.45. The number of pyridine rings is 1. The normalized spacial score (nSPS) is 11.3. The van der Waals surface area contributed by atoms with Crippen molar-refractivity contribution in [1.82, 2.24) is 4.98 Å². The molecule has 0 atom stereocenters. The molecule has 0 aliphatic carbocycles. The Bertz CT molecular complexity index is 1050. The smallest absolute Gasteiger partial charge is 0.310 e. The zero-order chi connectivity index (χ0) is 21.9. The van der Waals surface area contributed by atoms with Crippen molar-refractivity contribution in [2.45, 2.75) is 46.1 Å². The Morgan fingerprint density at radius 1 is 1.10 bits per heavy atom. The van der Waals surface area contributed by atoms with Gasteiger partial charge in [-0.15, -0.1) is 0 Å². The molecule has 3 N–H and O–H groups in total. The van der Waals surface area contributed by atoms with Gasteiger partial charge >= 0.3 is 5.97 Å². The van der Waals surface area contributed by atoms with Gasteiger partial charge in [-0.2, -0.15) is 0 Å². The van der Waals surface area contributed by atoms with Crippen LogP contribution in [0.25, 0.3) is 22.3 Å². The van der Waals surface area contributed by atoms with Gasteiger partial charge in [-0.3, -0.25) is 4.79 Å². The lowest BCUT2D eigenvalue weighted by molar-refractivity contribution is -0.153. The topological polar surface area (TPSA) is 85.4 Å². The highest BCUT2D eigenvalue weighted by molar-refractivity contribution is 5.85. The van der Waals surface area contributed by atoms with Crippen molar-refractivity contribution in [3.8, 4) is 28.0 Å². The first kappa shape index (κ1) is 21.4. The number of aromatic nitrogens is 1. The summed E-state index contributed by atoms with van der Waals surface area (Å²) in [6, 6.07) is 14.8. The van der Waals surface area contributed by atoms with E-state index < -0.39 is 5.60 Å². The van der Waals surface area contributed by atoms with Gasteiger partial charge in [0, 0.05) is 17.3 Å². The van der Waals surface area contributed by atoms with Crippen LogP contribution in [0.15, 0.2) is 54.7 Å². The fourth-order valence-electron chi connectivity index (χ4n) is 3.53. The van der Waals surface area contributed by atoms with Crippen LogP contribution < -0.4 is 5.73 Å². The molecule has 3 aromatic rings. The third-order valence-corrected chi connectivity index (χ3v) is 4.73. The summed E-state index contributed by atoms with van der Waals surface area (Å²) >= 11 is 0. The van der Waals surface area contributed by atoms with Crippen LogP contribution in [0.3, 0.4) is 0 Å². The molecule has 0 saturated carbocycles. The Kier molecular flexibility index (Phi) is 6.11. The molecular weight excluding hydrogens is 376 g/mol. The van der Waals surface area contributed by atoms with Gasteiger partial charge in [0.25, 0.3) is 0 Å². The molecule has 0 unspecified atom stereocenters. The van der Waals surface area contributed by atoms with Gasteiger partial charge in [0.2, 0.25) is 0 Å². The molecule has 3 rings (SSSR count). The van der Waals surface area contributed by atoms with E-state index in [0.717, 1.165) is 39.8 Å². The average molecular weight is 405 g/mol. The molecule has 0 spiro atoms. The highest BCUT2D eigenvalue weighted by atomic mass is 16.6. The second-order valence-corrected chi connectivity index (χ2v) is 8.27. The monoisotopic (exact) mass is 404 g/mol. The Morgan fingerprint density at radius 3 is 2.43 bits per heavy atom. The predicted molar refractivity (Wildman–Crippen MR) is 120 cm³/mol. The molecule has 156 valence electrons. The van der Waals surface area contributed by atoms with Gasteiger partial charge in [-0.25, -0.2) is 4.98 Å². The van der Waals surface area contributed by atoms with Gasteiger partial charge in [-0.1, -0.05) is 43.3 Å². The van der Waals surface area contributed by atoms with Crippen molar-refractivity contribution in [1.29, 1.82) is 0 Å². The van der Waals surface area contributed by atoms with E-state index in [0.29, 0.717) is 5.82 Å². The molecule has 30 heavy (non-hydrogen) atoms. The first-order valence-corrected chi connectivity index (χ1v) is 10.1. The van der Waals surface area contributed by atoms with Crippen molar-refractivity contribution in [3.63, 3.8) is 0 Å². The highest BCUT2D eigenvalue weighted by Crippen LogP contribution is 2.36. The number of phenols is 1. The summed E-state index contributed by atoms with van der Waals surface area (Å²) in [6.45, 7) is 7.65. The fourth-order valence-corrected chi connectivity index (χ4v) is 3.53. The van der Waals surface area contributed by atoms with E-state index in [1.807, 2.05) is 57.2 Å². The van der Waals surface area contributed by atoms with E-state index >= 15 is 0 Å². The van der Waals surface area contributed by atoms with Crippen molar-refractivity contribution >= 4 is 11.8 Å². The second-order valence-electron chi connectivity index (χ2n) is 8.27. The number of rotatable bonds is 5. The average Bonchev–Trinajstić information content (AvgIpc) is 2.67. The predicted octanol–water partition coefficient (Wildman–Crippen LogP) is 5.15. The molecular formula is C25H28N2O3. The van der Waals surface area contributed by atoms with Gasteiger partial charge in [0.15, 0.2) is 0 Å². The van der Waals surface area contributed by atoms with E-state index in [4.69, 9.17) is 10.5 Å². The molecule has 0 aliphatic heterocycles. The maximum Gasteiger partial charge on any atom is 0.310 e. The van der Waals surface area contributed by atoms with Crippen LogP contribution in [0, 0.1) is 0 Å². The van der Waals surface area contributed by atoms with Crippen LogP contribution in [0.2, 0.25) is 0 Å². The Balaban J connectivity index is 2.02. The zero-order valence-corrected chi connectivity index (χ0v) is 17.9. The van der Waals surface area contributed by atoms with Gasteiger partial charge < -0.3 is 15.6 Å². The summed E-state index contributed by atoms with van der Waals surface area (Å²) in [4.78, 5) is 16.7. The van der Waals surface area contributed by atoms with E-state index in [-0.39, 0.29) is 18.1 Å². The van der Waals surface area contributed by atoms with E-state index in [1.54, 1.807) is 18.3 Å². The molecule has 0 fully saturated rings. The number of esters is 1. The number of carbonyl (C=O) groups is 1. The number of benzene rings is 2. The Morgan fingerprint density at radius 2 is 1.80 bits per heavy atom. The molecule has 0 radical (unpaired) electrons. The summed E-state index contributed by atoms with van der Waals surface area (Å²) in [7, 11) is 0. The molecule has 5 heteroatoms. The summed E-state index contributed by atoms with van der Waals surface area (Å²) in [6.07, 6.45) is 2.72. The lowest BCUT2D eigenvalue weighted by atomic mass is 9.91. The first-order valence-electron chi connectivity index (χ1n) is 10.1. The third-order valence-electron chi connectivity index (χ3n) is 4.73. The summed E-state index contributed by atoms with van der Waals surface area (Å²) in [5.41, 5.74) is 11.4. The van der Waals surface area contributed by atoms with Crippen molar-refractivity contribution < 1.29 is 14.6 Å². The number of nitrogens with two attached hydrogens (primary N) is 1. The third kappa shape index (κ3) is 4.98. The number of ether oxygens (including phenoxy) is 1. The van der Waals surface area contributed by atoms with Crippen LogP contribution in [-0.2, 0) is 22.4 Å². The van der Waals surface area contributed by atoms with Crippen LogP contribution in [0.5, 0.6) is 5.75 Å². The SMILES string of the molecule is CCc1c(-c2ccc(O)cc2)cnc(N)c1-c1cccc(CC(=O)OC(C)(C)C)c1. The molecule has 1 heterocycles.